The minimum absolute atomic E-state index is 0. The lowest BCUT2D eigenvalue weighted by atomic mass is 10.1. The van der Waals surface area contributed by atoms with E-state index in [1.54, 1.807) is 14.2 Å². The van der Waals surface area contributed by atoms with Crippen LogP contribution in [0.4, 0.5) is 0 Å². The second-order valence-corrected chi connectivity index (χ2v) is 4.57. The first-order valence-electron chi connectivity index (χ1n) is 4.74. The average Bonchev–Trinajstić information content (AvgIpc) is 2.19. The lowest BCUT2D eigenvalue weighted by Gasteiger charge is -2.12. The summed E-state index contributed by atoms with van der Waals surface area (Å²) in [6.07, 6.45) is 0.823. The zero-order valence-corrected chi connectivity index (χ0v) is 12.6. The van der Waals surface area contributed by atoms with Crippen LogP contribution >= 0.6 is 35.0 Å². The normalized spacial score (nSPS) is 11.6. The summed E-state index contributed by atoms with van der Waals surface area (Å²) in [5.41, 5.74) is 6.90. The first-order chi connectivity index (χ1) is 7.08. The van der Waals surface area contributed by atoms with Crippen molar-refractivity contribution in [2.24, 2.45) is 5.73 Å². The van der Waals surface area contributed by atoms with E-state index < -0.39 is 0 Å². The number of rotatable bonds is 4. The lowest BCUT2D eigenvalue weighted by Crippen LogP contribution is -2.17. The van der Waals surface area contributed by atoms with E-state index in [9.17, 15) is 0 Å². The van der Waals surface area contributed by atoms with Gasteiger partial charge in [-0.1, -0.05) is 0 Å². The molecule has 2 N–H and O–H groups in total. The molecule has 1 atom stereocenters. The highest BCUT2D eigenvalue weighted by molar-refractivity contribution is 14.1. The van der Waals surface area contributed by atoms with Gasteiger partial charge >= 0.3 is 0 Å². The van der Waals surface area contributed by atoms with Gasteiger partial charge in [-0.15, -0.1) is 12.4 Å². The van der Waals surface area contributed by atoms with Crippen molar-refractivity contribution in [3.63, 3.8) is 0 Å². The van der Waals surface area contributed by atoms with Crippen molar-refractivity contribution in [1.29, 1.82) is 0 Å². The zero-order chi connectivity index (χ0) is 11.4. The predicted octanol–water partition coefficient (Wildman–Crippen LogP) is 2.62. The van der Waals surface area contributed by atoms with Crippen molar-refractivity contribution >= 4 is 35.0 Å². The van der Waals surface area contributed by atoms with Gasteiger partial charge in [-0.3, -0.25) is 0 Å². The van der Waals surface area contributed by atoms with Crippen molar-refractivity contribution in [3.05, 3.63) is 21.3 Å². The maximum Gasteiger partial charge on any atom is 0.136 e. The largest absolute Gasteiger partial charge is 0.495 e. The number of hydrogen-bond donors (Lipinski definition) is 1. The van der Waals surface area contributed by atoms with Gasteiger partial charge in [-0.05, 0) is 53.6 Å². The second-order valence-electron chi connectivity index (χ2n) is 3.50. The smallest absolute Gasteiger partial charge is 0.136 e. The van der Waals surface area contributed by atoms with Crippen LogP contribution in [0.25, 0.3) is 0 Å². The van der Waals surface area contributed by atoms with Crippen LogP contribution < -0.4 is 15.2 Å². The molecule has 0 aliphatic heterocycles. The van der Waals surface area contributed by atoms with Crippen molar-refractivity contribution in [2.75, 3.05) is 14.2 Å². The number of halogens is 2. The number of hydrogen-bond acceptors (Lipinski definition) is 3. The Morgan fingerprint density at radius 1 is 1.25 bits per heavy atom. The van der Waals surface area contributed by atoms with E-state index in [1.807, 2.05) is 19.1 Å². The Kier molecular flexibility index (Phi) is 7.10. The van der Waals surface area contributed by atoms with Gasteiger partial charge in [0.05, 0.1) is 17.8 Å². The third-order valence-electron chi connectivity index (χ3n) is 2.06. The Morgan fingerprint density at radius 3 is 2.00 bits per heavy atom. The summed E-state index contributed by atoms with van der Waals surface area (Å²) in [4.78, 5) is 0. The fourth-order valence-electron chi connectivity index (χ4n) is 1.41. The van der Waals surface area contributed by atoms with Crippen LogP contribution in [0.5, 0.6) is 11.5 Å². The molecule has 3 nitrogen and oxygen atoms in total. The molecule has 0 aliphatic rings. The molecule has 0 amide bonds. The van der Waals surface area contributed by atoms with E-state index in [2.05, 4.69) is 22.6 Å². The number of ether oxygens (including phenoxy) is 2. The van der Waals surface area contributed by atoms with E-state index in [-0.39, 0.29) is 18.4 Å². The second kappa shape index (κ2) is 7.19. The van der Waals surface area contributed by atoms with Gasteiger partial charge in [0, 0.05) is 6.04 Å². The summed E-state index contributed by atoms with van der Waals surface area (Å²) in [5.74, 6) is 1.68. The standard InChI is InChI=1S/C11H16INO2.ClH/c1-7(13)4-8-5-9(14-2)11(12)10(6-8)15-3;/h5-7H,4,13H2,1-3H3;1H/t7-;/m0./s1. The Balaban J connectivity index is 0.00000225. The first-order valence-corrected chi connectivity index (χ1v) is 5.82. The van der Waals surface area contributed by atoms with Crippen molar-refractivity contribution in [2.45, 2.75) is 19.4 Å². The van der Waals surface area contributed by atoms with Crippen LogP contribution in [-0.2, 0) is 6.42 Å². The molecule has 0 radical (unpaired) electrons. The van der Waals surface area contributed by atoms with Crippen molar-refractivity contribution < 1.29 is 9.47 Å². The van der Waals surface area contributed by atoms with Crippen LogP contribution in [0.3, 0.4) is 0 Å². The molecule has 0 bridgehead atoms. The summed E-state index contributed by atoms with van der Waals surface area (Å²) in [5, 5.41) is 0. The van der Waals surface area contributed by atoms with Crippen LogP contribution in [0.15, 0.2) is 12.1 Å². The Labute approximate surface area is 116 Å². The van der Waals surface area contributed by atoms with Gasteiger partial charge in [-0.2, -0.15) is 0 Å². The maximum atomic E-state index is 5.76. The van der Waals surface area contributed by atoms with Crippen molar-refractivity contribution in [1.82, 2.24) is 0 Å². The maximum absolute atomic E-state index is 5.76. The summed E-state index contributed by atoms with van der Waals surface area (Å²) >= 11 is 2.21. The molecule has 0 aromatic heterocycles. The number of methoxy groups -OCH3 is 2. The molecule has 0 heterocycles. The van der Waals surface area contributed by atoms with Crippen LogP contribution in [-0.4, -0.2) is 20.3 Å². The van der Waals surface area contributed by atoms with Crippen molar-refractivity contribution in [3.8, 4) is 11.5 Å². The van der Waals surface area contributed by atoms with Gasteiger partial charge in [0.2, 0.25) is 0 Å². The minimum atomic E-state index is 0. The average molecular weight is 358 g/mol. The molecule has 16 heavy (non-hydrogen) atoms. The van der Waals surface area contributed by atoms with Gasteiger partial charge < -0.3 is 15.2 Å². The van der Waals surface area contributed by atoms with Crippen LogP contribution in [0.1, 0.15) is 12.5 Å². The minimum Gasteiger partial charge on any atom is -0.495 e. The Bertz CT molecular complexity index is 320. The van der Waals surface area contributed by atoms with Gasteiger partial charge in [0.25, 0.3) is 0 Å². The van der Waals surface area contributed by atoms with E-state index in [1.165, 1.54) is 0 Å². The molecule has 0 spiro atoms. The number of benzene rings is 1. The molecule has 0 unspecified atom stereocenters. The molecule has 1 rings (SSSR count). The fourth-order valence-corrected chi connectivity index (χ4v) is 2.17. The van der Waals surface area contributed by atoms with E-state index >= 15 is 0 Å². The lowest BCUT2D eigenvalue weighted by molar-refractivity contribution is 0.388. The topological polar surface area (TPSA) is 44.5 Å². The molecule has 0 aliphatic carbocycles. The molecule has 1 aromatic rings. The fraction of sp³-hybridized carbons (Fsp3) is 0.455. The van der Waals surface area contributed by atoms with E-state index in [4.69, 9.17) is 15.2 Å². The molecule has 0 saturated heterocycles. The van der Waals surface area contributed by atoms with Gasteiger partial charge in [0.15, 0.2) is 0 Å². The molecule has 92 valence electrons. The molecular formula is C11H17ClINO2. The Morgan fingerprint density at radius 2 is 1.69 bits per heavy atom. The monoisotopic (exact) mass is 357 g/mol. The summed E-state index contributed by atoms with van der Waals surface area (Å²) < 4.78 is 11.6. The summed E-state index contributed by atoms with van der Waals surface area (Å²) in [6.45, 7) is 1.98. The molecule has 0 fully saturated rings. The van der Waals surface area contributed by atoms with Crippen LogP contribution in [0, 0.1) is 3.57 Å². The zero-order valence-electron chi connectivity index (χ0n) is 9.62. The molecule has 5 heteroatoms. The molecule has 0 saturated carbocycles. The quantitative estimate of drug-likeness (QED) is 0.843. The van der Waals surface area contributed by atoms with Gasteiger partial charge in [0.1, 0.15) is 11.5 Å². The predicted molar refractivity (Wildman–Crippen MR) is 76.9 cm³/mol. The number of nitrogens with two attached hydrogens (primary N) is 1. The Hall–Kier alpha value is -0.200. The summed E-state index contributed by atoms with van der Waals surface area (Å²) in [7, 11) is 3.32. The highest BCUT2D eigenvalue weighted by Gasteiger charge is 2.10. The van der Waals surface area contributed by atoms with E-state index in [0.29, 0.717) is 0 Å². The SMILES string of the molecule is COc1cc(C[C@H](C)N)cc(OC)c1I.Cl. The molecule has 1 aromatic carbocycles. The van der Waals surface area contributed by atoms with E-state index in [0.717, 1.165) is 27.1 Å². The summed E-state index contributed by atoms with van der Waals surface area (Å²) in [6, 6.07) is 4.15. The van der Waals surface area contributed by atoms with Crippen LogP contribution in [0.2, 0.25) is 0 Å². The highest BCUT2D eigenvalue weighted by atomic mass is 127. The highest BCUT2D eigenvalue weighted by Crippen LogP contribution is 2.32. The molecular weight excluding hydrogens is 340 g/mol. The first kappa shape index (κ1) is 15.8. The van der Waals surface area contributed by atoms with Gasteiger partial charge in [-0.25, -0.2) is 0 Å². The third kappa shape index (κ3) is 3.99. The third-order valence-corrected chi connectivity index (χ3v) is 3.13.